The molecule has 0 amide bonds. The molecule has 1 aliphatic rings. The number of nitrogens with two attached hydrogens (primary N) is 1. The topological polar surface area (TPSA) is 76.7 Å². The van der Waals surface area contributed by atoms with Crippen molar-refractivity contribution in [1.82, 2.24) is 0 Å². The molecule has 0 aromatic heterocycles. The number of fused-ring (bicyclic) bond motifs is 1. The molecule has 1 aliphatic heterocycles. The van der Waals surface area contributed by atoms with E-state index in [1.54, 1.807) is 31.2 Å². The predicted octanol–water partition coefficient (Wildman–Crippen LogP) is 3.01. The molecule has 2 aromatic carbocycles. The van der Waals surface area contributed by atoms with Gasteiger partial charge in [0.2, 0.25) is 0 Å². The molecular formula is C16H15N3O2. The Labute approximate surface area is 122 Å². The van der Waals surface area contributed by atoms with E-state index in [0.29, 0.717) is 29.4 Å². The van der Waals surface area contributed by atoms with Crippen molar-refractivity contribution in [2.45, 2.75) is 6.92 Å². The van der Waals surface area contributed by atoms with Crippen LogP contribution < -0.4 is 15.8 Å². The molecule has 0 saturated heterocycles. The number of nitrogens with zero attached hydrogens (tertiary/aromatic N) is 1. The monoisotopic (exact) mass is 281 g/mol. The highest BCUT2D eigenvalue weighted by atomic mass is 16.5. The van der Waals surface area contributed by atoms with Crippen molar-refractivity contribution >= 4 is 28.7 Å². The Morgan fingerprint density at radius 1 is 1.24 bits per heavy atom. The number of ketones is 1. The number of carbonyl (C=O) groups excluding carboxylic acids is 1. The van der Waals surface area contributed by atoms with Gasteiger partial charge in [-0.15, -0.1) is 0 Å². The molecular weight excluding hydrogens is 266 g/mol. The Morgan fingerprint density at radius 2 is 2.00 bits per heavy atom. The van der Waals surface area contributed by atoms with Crippen LogP contribution in [0.4, 0.5) is 17.1 Å². The molecule has 1 heterocycles. The van der Waals surface area contributed by atoms with E-state index in [1.807, 2.05) is 18.2 Å². The first kappa shape index (κ1) is 13.2. The lowest BCUT2D eigenvalue weighted by Crippen LogP contribution is -2.23. The summed E-state index contributed by atoms with van der Waals surface area (Å²) < 4.78 is 5.62. The number of carbonyl (C=O) groups is 1. The fraction of sp³-hybridized carbons (Fsp3) is 0.125. The van der Waals surface area contributed by atoms with Crippen molar-refractivity contribution in [2.75, 3.05) is 17.7 Å². The van der Waals surface area contributed by atoms with Gasteiger partial charge in [-0.25, -0.2) is 4.99 Å². The lowest BCUT2D eigenvalue weighted by molar-refractivity contribution is 0.101. The van der Waals surface area contributed by atoms with Gasteiger partial charge in [-0.2, -0.15) is 0 Å². The smallest absolute Gasteiger partial charge is 0.159 e. The second-order valence-corrected chi connectivity index (χ2v) is 4.83. The van der Waals surface area contributed by atoms with Gasteiger partial charge in [-0.05, 0) is 49.4 Å². The average Bonchev–Trinajstić information content (AvgIpc) is 2.47. The van der Waals surface area contributed by atoms with Crippen LogP contribution in [0.3, 0.4) is 0 Å². The maximum Gasteiger partial charge on any atom is 0.159 e. The number of benzene rings is 2. The normalized spacial score (nSPS) is 12.9. The van der Waals surface area contributed by atoms with E-state index < -0.39 is 0 Å². The summed E-state index contributed by atoms with van der Waals surface area (Å²) >= 11 is 0. The maximum atomic E-state index is 11.2. The maximum absolute atomic E-state index is 11.2. The van der Waals surface area contributed by atoms with E-state index in [9.17, 15) is 4.79 Å². The van der Waals surface area contributed by atoms with Crippen LogP contribution in [0.2, 0.25) is 0 Å². The van der Waals surface area contributed by atoms with Crippen LogP contribution in [-0.2, 0) is 0 Å². The fourth-order valence-electron chi connectivity index (χ4n) is 2.09. The second-order valence-electron chi connectivity index (χ2n) is 4.83. The highest BCUT2D eigenvalue weighted by Crippen LogP contribution is 2.32. The largest absolute Gasteiger partial charge is 0.483 e. The summed E-state index contributed by atoms with van der Waals surface area (Å²) in [4.78, 5) is 15.7. The van der Waals surface area contributed by atoms with Gasteiger partial charge < -0.3 is 15.8 Å². The molecule has 106 valence electrons. The van der Waals surface area contributed by atoms with Gasteiger partial charge in [-0.3, -0.25) is 4.79 Å². The zero-order chi connectivity index (χ0) is 14.8. The van der Waals surface area contributed by atoms with E-state index in [0.717, 1.165) is 11.4 Å². The quantitative estimate of drug-likeness (QED) is 0.655. The first-order valence-electron chi connectivity index (χ1n) is 6.60. The van der Waals surface area contributed by atoms with Crippen molar-refractivity contribution < 1.29 is 9.53 Å². The number of Topliss-reactive ketones (excluding diaryl/α,β-unsaturated/α-hetero) is 1. The summed E-state index contributed by atoms with van der Waals surface area (Å²) in [6.45, 7) is 1.91. The molecule has 2 aromatic rings. The van der Waals surface area contributed by atoms with Gasteiger partial charge in [0.1, 0.15) is 23.9 Å². The summed E-state index contributed by atoms with van der Waals surface area (Å²) in [7, 11) is 0. The first-order valence-corrected chi connectivity index (χ1v) is 6.60. The Bertz CT molecular complexity index is 721. The summed E-state index contributed by atoms with van der Waals surface area (Å²) in [5, 5.41) is 3.18. The van der Waals surface area contributed by atoms with Crippen molar-refractivity contribution in [3.8, 4) is 5.75 Å². The SMILES string of the molecule is CC(=O)c1ccc(NC2=Nc3cc(N)ccc3OC2)cc1. The first-order chi connectivity index (χ1) is 10.1. The number of hydrogen-bond acceptors (Lipinski definition) is 5. The molecule has 0 aliphatic carbocycles. The molecule has 0 spiro atoms. The van der Waals surface area contributed by atoms with Gasteiger partial charge in [0.25, 0.3) is 0 Å². The van der Waals surface area contributed by atoms with Crippen LogP contribution in [0.1, 0.15) is 17.3 Å². The molecule has 0 radical (unpaired) electrons. The zero-order valence-electron chi connectivity index (χ0n) is 11.6. The third-order valence-corrected chi connectivity index (χ3v) is 3.18. The molecule has 21 heavy (non-hydrogen) atoms. The lowest BCUT2D eigenvalue weighted by atomic mass is 10.1. The van der Waals surface area contributed by atoms with Crippen LogP contribution >= 0.6 is 0 Å². The van der Waals surface area contributed by atoms with Crippen LogP contribution in [0, 0.1) is 0 Å². The average molecular weight is 281 g/mol. The third-order valence-electron chi connectivity index (χ3n) is 3.18. The Kier molecular flexibility index (Phi) is 3.31. The summed E-state index contributed by atoms with van der Waals surface area (Å²) in [5.41, 5.74) is 8.64. The summed E-state index contributed by atoms with van der Waals surface area (Å²) in [5.74, 6) is 1.47. The number of anilines is 2. The van der Waals surface area contributed by atoms with Crippen molar-refractivity contribution in [2.24, 2.45) is 4.99 Å². The molecule has 0 unspecified atom stereocenters. The Hall–Kier alpha value is -2.82. The number of nitrogen functional groups attached to an aromatic ring is 1. The van der Waals surface area contributed by atoms with E-state index in [-0.39, 0.29) is 5.78 Å². The minimum Gasteiger partial charge on any atom is -0.483 e. The standard InChI is InChI=1S/C16H15N3O2/c1-10(20)11-2-5-13(6-3-11)18-16-9-21-15-7-4-12(17)8-14(15)19-16/h2-8H,9,17H2,1H3,(H,18,19). The zero-order valence-corrected chi connectivity index (χ0v) is 11.6. The Morgan fingerprint density at radius 3 is 2.71 bits per heavy atom. The second kappa shape index (κ2) is 5.28. The molecule has 3 rings (SSSR count). The van der Waals surface area contributed by atoms with Gasteiger partial charge in [-0.1, -0.05) is 0 Å². The van der Waals surface area contributed by atoms with E-state index >= 15 is 0 Å². The molecule has 5 nitrogen and oxygen atoms in total. The minimum absolute atomic E-state index is 0.0456. The Balaban J connectivity index is 1.81. The van der Waals surface area contributed by atoms with Gasteiger partial charge in [0, 0.05) is 16.9 Å². The highest BCUT2D eigenvalue weighted by Gasteiger charge is 2.13. The minimum atomic E-state index is 0.0456. The molecule has 5 heteroatoms. The number of aliphatic imine (C=N–C) groups is 1. The fourth-order valence-corrected chi connectivity index (χ4v) is 2.09. The number of ether oxygens (including phenoxy) is 1. The number of amidine groups is 1. The van der Waals surface area contributed by atoms with Gasteiger partial charge >= 0.3 is 0 Å². The van der Waals surface area contributed by atoms with E-state index in [1.165, 1.54) is 0 Å². The number of hydrogen-bond donors (Lipinski definition) is 2. The van der Waals surface area contributed by atoms with Crippen molar-refractivity contribution in [3.05, 3.63) is 48.0 Å². The van der Waals surface area contributed by atoms with Crippen molar-refractivity contribution in [1.29, 1.82) is 0 Å². The van der Waals surface area contributed by atoms with Crippen LogP contribution in [0.5, 0.6) is 5.75 Å². The number of rotatable bonds is 2. The molecule has 0 saturated carbocycles. The summed E-state index contributed by atoms with van der Waals surface area (Å²) in [6.07, 6.45) is 0. The van der Waals surface area contributed by atoms with E-state index in [4.69, 9.17) is 10.5 Å². The summed E-state index contributed by atoms with van der Waals surface area (Å²) in [6, 6.07) is 12.6. The third kappa shape index (κ3) is 2.86. The van der Waals surface area contributed by atoms with Crippen LogP contribution in [-0.4, -0.2) is 18.2 Å². The van der Waals surface area contributed by atoms with Gasteiger partial charge in [0.05, 0.1) is 0 Å². The van der Waals surface area contributed by atoms with Crippen LogP contribution in [0.25, 0.3) is 0 Å². The van der Waals surface area contributed by atoms with Gasteiger partial charge in [0.15, 0.2) is 5.78 Å². The molecule has 0 fully saturated rings. The highest BCUT2D eigenvalue weighted by molar-refractivity contribution is 6.00. The number of nitrogens with one attached hydrogen (secondary N) is 1. The van der Waals surface area contributed by atoms with E-state index in [2.05, 4.69) is 10.3 Å². The predicted molar refractivity (Wildman–Crippen MR) is 83.5 cm³/mol. The van der Waals surface area contributed by atoms with Crippen LogP contribution in [0.15, 0.2) is 47.5 Å². The molecule has 0 bridgehead atoms. The molecule has 3 N–H and O–H groups in total. The van der Waals surface area contributed by atoms with Crippen molar-refractivity contribution in [3.63, 3.8) is 0 Å². The molecule has 0 atom stereocenters. The lowest BCUT2D eigenvalue weighted by Gasteiger charge is -2.18.